The van der Waals surface area contributed by atoms with Crippen LogP contribution in [0.2, 0.25) is 0 Å². The number of piperidine rings is 1. The minimum absolute atomic E-state index is 0.0605. The van der Waals surface area contributed by atoms with E-state index in [9.17, 15) is 14.4 Å². The molecule has 3 atom stereocenters. The van der Waals surface area contributed by atoms with Crippen molar-refractivity contribution < 1.29 is 19.5 Å². The highest BCUT2D eigenvalue weighted by Gasteiger charge is 2.41. The molecule has 0 saturated carbocycles. The summed E-state index contributed by atoms with van der Waals surface area (Å²) in [5.74, 6) is -1.59. The van der Waals surface area contributed by atoms with Gasteiger partial charge < -0.3 is 20.2 Å². The van der Waals surface area contributed by atoms with Crippen LogP contribution in [0.3, 0.4) is 0 Å². The van der Waals surface area contributed by atoms with Crippen LogP contribution in [-0.4, -0.2) is 65.5 Å². The Labute approximate surface area is 124 Å². The second kappa shape index (κ2) is 6.32. The maximum Gasteiger partial charge on any atom is 0.320 e. The number of carboxylic acid groups (broad SMARTS) is 1. The zero-order valence-corrected chi connectivity index (χ0v) is 12.5. The lowest BCUT2D eigenvalue weighted by Gasteiger charge is -2.37. The average molecular weight is 297 g/mol. The van der Waals surface area contributed by atoms with Crippen LogP contribution in [-0.2, 0) is 9.59 Å². The Morgan fingerprint density at radius 2 is 1.90 bits per heavy atom. The van der Waals surface area contributed by atoms with E-state index >= 15 is 0 Å². The van der Waals surface area contributed by atoms with Crippen LogP contribution in [0.15, 0.2) is 0 Å². The van der Waals surface area contributed by atoms with Gasteiger partial charge in [0.2, 0.25) is 5.91 Å². The number of aliphatic carboxylic acids is 1. The monoisotopic (exact) mass is 297 g/mol. The summed E-state index contributed by atoms with van der Waals surface area (Å²) in [6.45, 7) is 3.07. The minimum Gasteiger partial charge on any atom is -0.481 e. The van der Waals surface area contributed by atoms with Gasteiger partial charge in [-0.25, -0.2) is 4.79 Å². The van der Waals surface area contributed by atoms with Crippen molar-refractivity contribution in [2.75, 3.05) is 26.7 Å². The van der Waals surface area contributed by atoms with Crippen molar-refractivity contribution in [2.45, 2.75) is 32.2 Å². The predicted molar refractivity (Wildman–Crippen MR) is 75.7 cm³/mol. The normalized spacial score (nSPS) is 29.3. The third-order valence-electron chi connectivity index (χ3n) is 4.50. The van der Waals surface area contributed by atoms with Crippen LogP contribution in [0, 0.1) is 11.8 Å². The van der Waals surface area contributed by atoms with Gasteiger partial charge in [0.25, 0.3) is 0 Å². The zero-order chi connectivity index (χ0) is 15.6. The molecule has 0 aromatic rings. The number of nitrogens with one attached hydrogen (secondary N) is 1. The first-order valence-corrected chi connectivity index (χ1v) is 7.45. The van der Waals surface area contributed by atoms with Gasteiger partial charge in [-0.3, -0.25) is 9.59 Å². The lowest BCUT2D eigenvalue weighted by Crippen LogP contribution is -2.55. The summed E-state index contributed by atoms with van der Waals surface area (Å²) in [6.07, 6.45) is 2.47. The van der Waals surface area contributed by atoms with Crippen molar-refractivity contribution in [2.24, 2.45) is 11.8 Å². The van der Waals surface area contributed by atoms with Crippen LogP contribution < -0.4 is 5.32 Å². The number of carboxylic acids is 1. The van der Waals surface area contributed by atoms with Crippen molar-refractivity contribution in [1.82, 2.24) is 15.1 Å². The highest BCUT2D eigenvalue weighted by Crippen LogP contribution is 2.26. The summed E-state index contributed by atoms with van der Waals surface area (Å²) in [4.78, 5) is 38.9. The summed E-state index contributed by atoms with van der Waals surface area (Å²) in [5.41, 5.74) is 0. The van der Waals surface area contributed by atoms with Gasteiger partial charge >= 0.3 is 12.0 Å². The summed E-state index contributed by atoms with van der Waals surface area (Å²) in [5, 5.41) is 11.8. The molecule has 0 aliphatic carbocycles. The van der Waals surface area contributed by atoms with E-state index in [1.807, 2.05) is 6.92 Å². The number of carbonyl (C=O) groups is 3. The number of hydrogen-bond acceptors (Lipinski definition) is 3. The van der Waals surface area contributed by atoms with Gasteiger partial charge in [0.15, 0.2) is 0 Å². The van der Waals surface area contributed by atoms with Gasteiger partial charge in [-0.15, -0.1) is 0 Å². The van der Waals surface area contributed by atoms with E-state index in [0.717, 1.165) is 12.8 Å². The predicted octanol–water partition coefficient (Wildman–Crippen LogP) is 0.359. The Morgan fingerprint density at radius 3 is 2.48 bits per heavy atom. The van der Waals surface area contributed by atoms with Crippen LogP contribution >= 0.6 is 0 Å². The second-order valence-electron chi connectivity index (χ2n) is 5.93. The highest BCUT2D eigenvalue weighted by molar-refractivity contribution is 5.87. The number of hydrogen-bond donors (Lipinski definition) is 2. The average Bonchev–Trinajstić information content (AvgIpc) is 2.88. The molecular formula is C14H23N3O4. The Hall–Kier alpha value is -1.79. The van der Waals surface area contributed by atoms with Gasteiger partial charge in [0.05, 0.1) is 5.92 Å². The molecular weight excluding hydrogens is 274 g/mol. The maximum atomic E-state index is 12.6. The number of likely N-dealkylation sites (N-methyl/N-ethyl adjacent to an activating group) is 1. The molecule has 7 heteroatoms. The van der Waals surface area contributed by atoms with Gasteiger partial charge in [-0.05, 0) is 25.2 Å². The quantitative estimate of drug-likeness (QED) is 0.770. The molecule has 0 spiro atoms. The van der Waals surface area contributed by atoms with Crippen LogP contribution in [0.1, 0.15) is 26.2 Å². The van der Waals surface area contributed by atoms with E-state index in [1.54, 1.807) is 16.8 Å². The smallest absolute Gasteiger partial charge is 0.320 e. The number of carbonyl (C=O) groups excluding carboxylic acids is 2. The summed E-state index contributed by atoms with van der Waals surface area (Å²) in [7, 11) is 1.57. The third-order valence-corrected chi connectivity index (χ3v) is 4.50. The zero-order valence-electron chi connectivity index (χ0n) is 12.5. The minimum atomic E-state index is -0.862. The molecule has 1 unspecified atom stereocenters. The fourth-order valence-corrected chi connectivity index (χ4v) is 3.23. The summed E-state index contributed by atoms with van der Waals surface area (Å²) in [6, 6.07) is -0.644. The molecule has 2 fully saturated rings. The van der Waals surface area contributed by atoms with Gasteiger partial charge in [0, 0.05) is 26.7 Å². The molecule has 0 aromatic carbocycles. The lowest BCUT2D eigenvalue weighted by molar-refractivity contribution is -0.142. The lowest BCUT2D eigenvalue weighted by atomic mass is 9.99. The van der Waals surface area contributed by atoms with Gasteiger partial charge in [0.1, 0.15) is 6.04 Å². The van der Waals surface area contributed by atoms with Crippen molar-refractivity contribution in [3.8, 4) is 0 Å². The van der Waals surface area contributed by atoms with Crippen LogP contribution in [0.25, 0.3) is 0 Å². The van der Waals surface area contributed by atoms with Crippen molar-refractivity contribution in [1.29, 1.82) is 0 Å². The Bertz CT molecular complexity index is 440. The second-order valence-corrected chi connectivity index (χ2v) is 5.93. The highest BCUT2D eigenvalue weighted by atomic mass is 16.4. The van der Waals surface area contributed by atoms with Crippen molar-refractivity contribution in [3.05, 3.63) is 0 Å². The number of urea groups is 1. The van der Waals surface area contributed by atoms with E-state index in [2.05, 4.69) is 5.32 Å². The van der Waals surface area contributed by atoms with E-state index < -0.39 is 17.9 Å². The summed E-state index contributed by atoms with van der Waals surface area (Å²) < 4.78 is 0. The number of nitrogens with zero attached hydrogens (tertiary/aromatic N) is 2. The Balaban J connectivity index is 2.08. The molecule has 2 aliphatic heterocycles. The molecule has 2 N–H and O–H groups in total. The summed E-state index contributed by atoms with van der Waals surface area (Å²) >= 11 is 0. The van der Waals surface area contributed by atoms with E-state index in [1.165, 1.54) is 0 Å². The number of likely N-dealkylation sites (tertiary alicyclic amines) is 2. The fraction of sp³-hybridized carbons (Fsp3) is 0.786. The van der Waals surface area contributed by atoms with Crippen LogP contribution in [0.4, 0.5) is 4.79 Å². The third kappa shape index (κ3) is 3.11. The molecule has 3 amide bonds. The molecule has 0 bridgehead atoms. The van der Waals surface area contributed by atoms with Crippen LogP contribution in [0.5, 0.6) is 0 Å². The molecule has 2 rings (SSSR count). The van der Waals surface area contributed by atoms with Crippen molar-refractivity contribution >= 4 is 17.9 Å². The fourth-order valence-electron chi connectivity index (χ4n) is 3.23. The SMILES string of the molecule is CNC(=O)C1CCCCN1C(=O)N1C[C@@H](C)[C@H](C(=O)O)C1. The molecule has 2 saturated heterocycles. The van der Waals surface area contributed by atoms with Gasteiger partial charge in [-0.1, -0.05) is 6.92 Å². The van der Waals surface area contributed by atoms with E-state index in [-0.39, 0.29) is 24.4 Å². The Morgan fingerprint density at radius 1 is 1.19 bits per heavy atom. The molecule has 2 heterocycles. The Kier molecular flexibility index (Phi) is 4.69. The number of rotatable bonds is 2. The first kappa shape index (κ1) is 15.6. The standard InChI is InChI=1S/C14H23N3O4/c1-9-7-16(8-10(9)13(19)20)14(21)17-6-4-3-5-11(17)12(18)15-2/h9-11H,3-8H2,1-2H3,(H,15,18)(H,19,20)/t9-,10-,11?/m1/s1. The molecule has 118 valence electrons. The molecule has 7 nitrogen and oxygen atoms in total. The molecule has 21 heavy (non-hydrogen) atoms. The van der Waals surface area contributed by atoms with Crippen molar-refractivity contribution in [3.63, 3.8) is 0 Å². The topological polar surface area (TPSA) is 90.0 Å². The van der Waals surface area contributed by atoms with Gasteiger partial charge in [-0.2, -0.15) is 0 Å². The molecule has 0 aromatic heterocycles. The maximum absolute atomic E-state index is 12.6. The van der Waals surface area contributed by atoms with E-state index in [0.29, 0.717) is 19.5 Å². The molecule has 2 aliphatic rings. The molecule has 0 radical (unpaired) electrons. The van der Waals surface area contributed by atoms with E-state index in [4.69, 9.17) is 5.11 Å². The first-order valence-electron chi connectivity index (χ1n) is 7.45. The number of amides is 3. The first-order chi connectivity index (χ1) is 9.95. The largest absolute Gasteiger partial charge is 0.481 e.